The largest absolute Gasteiger partial charge is 0.384 e. The number of carbonyl (C=O) groups is 2. The molecule has 2 aliphatic rings. The lowest BCUT2D eigenvalue weighted by Gasteiger charge is -2.42. The molecule has 4 unspecified atom stereocenters. The summed E-state index contributed by atoms with van der Waals surface area (Å²) >= 11 is 0. The Labute approximate surface area is 280 Å². The second-order valence-electron chi connectivity index (χ2n) is 13.0. The maximum Gasteiger partial charge on any atom is 0.317 e. The summed E-state index contributed by atoms with van der Waals surface area (Å²) in [5.41, 5.74) is 1.10. The van der Waals surface area contributed by atoms with Gasteiger partial charge < -0.3 is 30.1 Å². The average Bonchev–Trinajstić information content (AvgIpc) is 3.69. The summed E-state index contributed by atoms with van der Waals surface area (Å²) in [4.78, 5) is 35.1. The number of aliphatic hydroxyl groups is 1. The monoisotopic (exact) mass is 668 g/mol. The minimum absolute atomic E-state index is 0.0198. The van der Waals surface area contributed by atoms with Gasteiger partial charge in [0.1, 0.15) is 29.7 Å². The Hall–Kier alpha value is -3.90. The van der Waals surface area contributed by atoms with E-state index >= 15 is 8.78 Å². The van der Waals surface area contributed by atoms with Crippen molar-refractivity contribution in [2.75, 3.05) is 39.3 Å². The number of urea groups is 1. The fourth-order valence-electron chi connectivity index (χ4n) is 6.82. The highest BCUT2D eigenvalue weighted by Crippen LogP contribution is 2.39. The van der Waals surface area contributed by atoms with E-state index < -0.39 is 41.8 Å². The SMILES string of the molecule is CCCCCNC(=O)N1CCC(C(c2nc(-c3cc(F)ccc3F)cn2Cc2ccccc2)N(CC2CNCC2F)C(=O)C(C)O)CC1. The summed E-state index contributed by atoms with van der Waals surface area (Å²) in [5, 5.41) is 16.7. The van der Waals surface area contributed by atoms with Crippen LogP contribution in [-0.4, -0.2) is 87.9 Å². The lowest BCUT2D eigenvalue weighted by atomic mass is 9.86. The third kappa shape index (κ3) is 8.57. The number of hydrogen-bond acceptors (Lipinski definition) is 5. The number of unbranched alkanes of at least 4 members (excludes halogenated alkanes) is 2. The van der Waals surface area contributed by atoms with Gasteiger partial charge in [-0.25, -0.2) is 22.9 Å². The highest BCUT2D eigenvalue weighted by atomic mass is 19.1. The third-order valence-corrected chi connectivity index (χ3v) is 9.47. The molecular formula is C36H47F3N6O3. The van der Waals surface area contributed by atoms with Crippen molar-refractivity contribution in [3.8, 4) is 11.3 Å². The molecular weight excluding hydrogens is 621 g/mol. The van der Waals surface area contributed by atoms with Crippen LogP contribution in [0.1, 0.15) is 63.4 Å². The van der Waals surface area contributed by atoms with Gasteiger partial charge in [-0.3, -0.25) is 4.79 Å². The number of rotatable bonds is 13. The number of halogens is 3. The number of imidazole rings is 1. The molecule has 5 rings (SSSR count). The fourth-order valence-corrected chi connectivity index (χ4v) is 6.82. The van der Waals surface area contributed by atoms with Crippen LogP contribution >= 0.6 is 0 Å². The Morgan fingerprint density at radius 1 is 1.10 bits per heavy atom. The van der Waals surface area contributed by atoms with Crippen LogP contribution in [-0.2, 0) is 11.3 Å². The number of amides is 3. The topological polar surface area (TPSA) is 103 Å². The van der Waals surface area contributed by atoms with E-state index in [2.05, 4.69) is 17.6 Å². The van der Waals surface area contributed by atoms with Crippen LogP contribution in [0, 0.1) is 23.5 Å². The molecule has 9 nitrogen and oxygen atoms in total. The van der Waals surface area contributed by atoms with E-state index in [0.717, 1.165) is 43.0 Å². The molecule has 2 saturated heterocycles. The van der Waals surface area contributed by atoms with E-state index in [0.29, 0.717) is 51.4 Å². The quantitative estimate of drug-likeness (QED) is 0.215. The molecule has 0 bridgehead atoms. The first-order valence-corrected chi connectivity index (χ1v) is 17.1. The number of carbonyl (C=O) groups excluding carboxylic acids is 2. The number of hydrogen-bond donors (Lipinski definition) is 3. The van der Waals surface area contributed by atoms with Crippen LogP contribution in [0.4, 0.5) is 18.0 Å². The van der Waals surface area contributed by atoms with Crippen molar-refractivity contribution in [3.05, 3.63) is 77.8 Å². The molecule has 0 spiro atoms. The molecule has 0 saturated carbocycles. The van der Waals surface area contributed by atoms with Crippen LogP contribution in [0.15, 0.2) is 54.7 Å². The smallest absolute Gasteiger partial charge is 0.317 e. The zero-order chi connectivity index (χ0) is 34.2. The van der Waals surface area contributed by atoms with Crippen LogP contribution in [0.2, 0.25) is 0 Å². The highest BCUT2D eigenvalue weighted by Gasteiger charge is 2.42. The number of alkyl halides is 1. The summed E-state index contributed by atoms with van der Waals surface area (Å²) in [6, 6.07) is 11.9. The second kappa shape index (κ2) is 16.5. The molecule has 0 radical (unpaired) electrons. The fraction of sp³-hybridized carbons (Fsp3) is 0.528. The number of nitrogens with one attached hydrogen (secondary N) is 2. The lowest BCUT2D eigenvalue weighted by Crippen LogP contribution is -2.51. The molecule has 2 aromatic carbocycles. The van der Waals surface area contributed by atoms with Crippen molar-refractivity contribution in [1.82, 2.24) is 30.0 Å². The average molecular weight is 669 g/mol. The van der Waals surface area contributed by atoms with Crippen LogP contribution < -0.4 is 10.6 Å². The minimum atomic E-state index is -1.37. The normalized spacial score (nSPS) is 19.7. The van der Waals surface area contributed by atoms with Crippen molar-refractivity contribution in [2.24, 2.45) is 11.8 Å². The third-order valence-electron chi connectivity index (χ3n) is 9.47. The minimum Gasteiger partial charge on any atom is -0.384 e. The van der Waals surface area contributed by atoms with E-state index in [1.54, 1.807) is 11.1 Å². The summed E-state index contributed by atoms with van der Waals surface area (Å²) < 4.78 is 46.4. The van der Waals surface area contributed by atoms with E-state index in [1.165, 1.54) is 11.8 Å². The van der Waals surface area contributed by atoms with Gasteiger partial charge in [-0.15, -0.1) is 0 Å². The first-order valence-electron chi connectivity index (χ1n) is 17.1. The summed E-state index contributed by atoms with van der Waals surface area (Å²) in [5.74, 6) is -2.14. The van der Waals surface area contributed by atoms with Gasteiger partial charge in [0, 0.05) is 63.5 Å². The highest BCUT2D eigenvalue weighted by molar-refractivity contribution is 5.81. The number of aromatic nitrogens is 2. The van der Waals surface area contributed by atoms with E-state index in [4.69, 9.17) is 4.98 Å². The Kier molecular flexibility index (Phi) is 12.2. The van der Waals surface area contributed by atoms with Crippen molar-refractivity contribution in [1.29, 1.82) is 0 Å². The zero-order valence-corrected chi connectivity index (χ0v) is 27.8. The Morgan fingerprint density at radius 2 is 1.85 bits per heavy atom. The molecule has 48 heavy (non-hydrogen) atoms. The predicted molar refractivity (Wildman–Crippen MR) is 178 cm³/mol. The summed E-state index contributed by atoms with van der Waals surface area (Å²) in [7, 11) is 0. The van der Waals surface area contributed by atoms with E-state index in [1.807, 2.05) is 34.9 Å². The second-order valence-corrected chi connectivity index (χ2v) is 13.0. The molecule has 1 aromatic heterocycles. The van der Waals surface area contributed by atoms with Gasteiger partial charge in [0.05, 0.1) is 11.7 Å². The first kappa shape index (κ1) is 35.4. The molecule has 3 amide bonds. The van der Waals surface area contributed by atoms with Crippen LogP contribution in [0.3, 0.4) is 0 Å². The van der Waals surface area contributed by atoms with Gasteiger partial charge in [0.15, 0.2) is 0 Å². The van der Waals surface area contributed by atoms with Gasteiger partial charge >= 0.3 is 6.03 Å². The van der Waals surface area contributed by atoms with Crippen LogP contribution in [0.25, 0.3) is 11.3 Å². The molecule has 12 heteroatoms. The summed E-state index contributed by atoms with van der Waals surface area (Å²) in [6.07, 6.45) is 3.12. The Bertz CT molecular complexity index is 1510. The maximum atomic E-state index is 15.1. The standard InChI is InChI=1S/C36H47F3N6O3/c1-3-4-8-15-41-36(48)43-16-13-26(14-17-43)33(45(35(47)24(2)46)22-27-19-40-20-31(27)39)34-42-32(29-18-28(37)11-12-30(29)38)23-44(34)21-25-9-6-5-7-10-25/h5-7,9-12,18,23-24,26-27,31,33,40,46H,3-4,8,13-17,19-22H2,1-2H3,(H,41,48). The number of benzene rings is 2. The molecule has 4 atom stereocenters. The number of nitrogens with zero attached hydrogens (tertiary/aromatic N) is 4. The number of aliphatic hydroxyl groups excluding tert-OH is 1. The number of likely N-dealkylation sites (tertiary alicyclic amines) is 1. The van der Waals surface area contributed by atoms with Crippen molar-refractivity contribution in [3.63, 3.8) is 0 Å². The molecule has 260 valence electrons. The Morgan fingerprint density at radius 3 is 2.52 bits per heavy atom. The predicted octanol–water partition coefficient (Wildman–Crippen LogP) is 5.30. The van der Waals surface area contributed by atoms with Gasteiger partial charge in [0.2, 0.25) is 0 Å². The maximum absolute atomic E-state index is 15.1. The van der Waals surface area contributed by atoms with Crippen molar-refractivity contribution < 1.29 is 27.9 Å². The molecule has 2 aliphatic heterocycles. The van der Waals surface area contributed by atoms with Crippen molar-refractivity contribution in [2.45, 2.75) is 70.8 Å². The van der Waals surface area contributed by atoms with E-state index in [9.17, 15) is 19.1 Å². The van der Waals surface area contributed by atoms with Gasteiger partial charge in [-0.1, -0.05) is 50.1 Å². The van der Waals surface area contributed by atoms with Crippen molar-refractivity contribution >= 4 is 11.9 Å². The molecule has 3 heterocycles. The van der Waals surface area contributed by atoms with Gasteiger partial charge in [0.25, 0.3) is 5.91 Å². The lowest BCUT2D eigenvalue weighted by molar-refractivity contribution is -0.145. The van der Waals surface area contributed by atoms with Crippen LogP contribution in [0.5, 0.6) is 0 Å². The first-order chi connectivity index (χ1) is 23.2. The molecule has 3 aromatic rings. The molecule has 0 aliphatic carbocycles. The summed E-state index contributed by atoms with van der Waals surface area (Å²) in [6.45, 7) is 5.84. The Balaban J connectivity index is 1.56. The zero-order valence-electron chi connectivity index (χ0n) is 27.8. The van der Waals surface area contributed by atoms with Gasteiger partial charge in [-0.2, -0.15) is 0 Å². The number of piperidine rings is 1. The van der Waals surface area contributed by atoms with Gasteiger partial charge in [-0.05, 0) is 55.9 Å². The molecule has 2 fully saturated rings. The molecule has 3 N–H and O–H groups in total. The van der Waals surface area contributed by atoms with E-state index in [-0.39, 0.29) is 36.3 Å².